The van der Waals surface area contributed by atoms with Crippen LogP contribution in [0.15, 0.2) is 18.3 Å². The average molecular weight is 271 g/mol. The van der Waals surface area contributed by atoms with Gasteiger partial charge in [0.05, 0.1) is 11.7 Å². The maximum Gasteiger partial charge on any atom is 0.252 e. The molecule has 1 unspecified atom stereocenters. The third-order valence-electron chi connectivity index (χ3n) is 2.34. The van der Waals surface area contributed by atoms with Gasteiger partial charge in [-0.3, -0.25) is 4.79 Å². The second-order valence-electron chi connectivity index (χ2n) is 5.50. The highest BCUT2D eigenvalue weighted by molar-refractivity contribution is 6.29. The summed E-state index contributed by atoms with van der Waals surface area (Å²) in [4.78, 5) is 15.5. The van der Waals surface area contributed by atoms with Crippen molar-refractivity contribution in [3.63, 3.8) is 0 Å². The van der Waals surface area contributed by atoms with Crippen LogP contribution in [0.4, 0.5) is 0 Å². The van der Waals surface area contributed by atoms with Gasteiger partial charge in [0, 0.05) is 12.7 Å². The normalized spacial score (nSPS) is 13.2. The Morgan fingerprint density at radius 1 is 1.50 bits per heavy atom. The van der Waals surface area contributed by atoms with Gasteiger partial charge in [-0.05, 0) is 24.0 Å². The highest BCUT2D eigenvalue weighted by Crippen LogP contribution is 2.20. The Kier molecular flexibility index (Phi) is 5.11. The van der Waals surface area contributed by atoms with Crippen molar-refractivity contribution in [1.82, 2.24) is 10.3 Å². The molecule has 0 bridgehead atoms. The number of aliphatic hydroxyl groups is 1. The maximum absolute atomic E-state index is 11.7. The number of rotatable bonds is 4. The van der Waals surface area contributed by atoms with Gasteiger partial charge >= 0.3 is 0 Å². The second kappa shape index (κ2) is 6.16. The zero-order chi connectivity index (χ0) is 13.8. The number of nitrogens with zero attached hydrogens (tertiary/aromatic N) is 1. The Hall–Kier alpha value is -1.13. The van der Waals surface area contributed by atoms with Crippen molar-refractivity contribution >= 4 is 17.5 Å². The number of aliphatic hydroxyl groups excluding tert-OH is 1. The van der Waals surface area contributed by atoms with Crippen LogP contribution in [0.25, 0.3) is 0 Å². The van der Waals surface area contributed by atoms with Crippen molar-refractivity contribution < 1.29 is 9.90 Å². The van der Waals surface area contributed by atoms with Crippen LogP contribution in [0.1, 0.15) is 37.6 Å². The molecule has 0 aliphatic heterocycles. The number of pyridine rings is 1. The molecule has 1 aromatic rings. The molecular formula is C13H19ClN2O2. The Labute approximate surface area is 112 Å². The molecule has 0 radical (unpaired) electrons. The van der Waals surface area contributed by atoms with E-state index in [4.69, 9.17) is 11.6 Å². The molecule has 18 heavy (non-hydrogen) atoms. The number of carbonyl (C=O) groups excluding carboxylic acids is 1. The van der Waals surface area contributed by atoms with Crippen LogP contribution in [0, 0.1) is 5.41 Å². The van der Waals surface area contributed by atoms with E-state index < -0.39 is 6.10 Å². The average Bonchev–Trinajstić information content (AvgIpc) is 2.24. The van der Waals surface area contributed by atoms with Crippen molar-refractivity contribution in [3.8, 4) is 0 Å². The Morgan fingerprint density at radius 2 is 2.17 bits per heavy atom. The van der Waals surface area contributed by atoms with Crippen molar-refractivity contribution in [3.05, 3.63) is 29.0 Å². The highest BCUT2D eigenvalue weighted by atomic mass is 35.5. The summed E-state index contributed by atoms with van der Waals surface area (Å²) in [5.74, 6) is -0.257. The van der Waals surface area contributed by atoms with Crippen LogP contribution in [0.2, 0.25) is 5.15 Å². The zero-order valence-electron chi connectivity index (χ0n) is 10.9. The Balaban J connectivity index is 2.44. The zero-order valence-corrected chi connectivity index (χ0v) is 11.7. The number of carbonyl (C=O) groups is 1. The predicted molar refractivity (Wildman–Crippen MR) is 71.7 cm³/mol. The summed E-state index contributed by atoms with van der Waals surface area (Å²) in [7, 11) is 0. The van der Waals surface area contributed by atoms with Crippen LogP contribution in [0.5, 0.6) is 0 Å². The molecule has 1 heterocycles. The van der Waals surface area contributed by atoms with Crippen molar-refractivity contribution in [2.45, 2.75) is 33.3 Å². The predicted octanol–water partition coefficient (Wildman–Crippen LogP) is 2.26. The molecule has 0 spiro atoms. The minimum Gasteiger partial charge on any atom is -0.391 e. The van der Waals surface area contributed by atoms with E-state index in [-0.39, 0.29) is 17.9 Å². The molecule has 1 amide bonds. The Morgan fingerprint density at radius 3 is 2.67 bits per heavy atom. The number of hydrogen-bond donors (Lipinski definition) is 2. The first kappa shape index (κ1) is 14.9. The summed E-state index contributed by atoms with van der Waals surface area (Å²) in [6, 6.07) is 3.16. The van der Waals surface area contributed by atoms with E-state index in [1.54, 1.807) is 12.1 Å². The molecular weight excluding hydrogens is 252 g/mol. The lowest BCUT2D eigenvalue weighted by atomic mass is 9.89. The first-order chi connectivity index (χ1) is 8.28. The summed E-state index contributed by atoms with van der Waals surface area (Å²) < 4.78 is 0. The SMILES string of the molecule is CC(C)(C)CC(O)CNC(=O)c1ccc(Cl)nc1. The molecule has 0 fully saturated rings. The van der Waals surface area contributed by atoms with Crippen LogP contribution in [-0.4, -0.2) is 28.6 Å². The van der Waals surface area contributed by atoms with Gasteiger partial charge in [0.2, 0.25) is 0 Å². The van der Waals surface area contributed by atoms with Crippen LogP contribution < -0.4 is 5.32 Å². The van der Waals surface area contributed by atoms with Crippen LogP contribution in [-0.2, 0) is 0 Å². The van der Waals surface area contributed by atoms with Gasteiger partial charge in [0.15, 0.2) is 0 Å². The maximum atomic E-state index is 11.7. The fourth-order valence-electron chi connectivity index (χ4n) is 1.60. The van der Waals surface area contributed by atoms with Gasteiger partial charge in [0.1, 0.15) is 5.15 Å². The van der Waals surface area contributed by atoms with E-state index in [0.29, 0.717) is 17.1 Å². The van der Waals surface area contributed by atoms with Crippen molar-refractivity contribution in [2.24, 2.45) is 5.41 Å². The molecule has 0 aliphatic carbocycles. The summed E-state index contributed by atoms with van der Waals surface area (Å²) in [6.07, 6.45) is 1.49. The van der Waals surface area contributed by atoms with Gasteiger partial charge < -0.3 is 10.4 Å². The lowest BCUT2D eigenvalue weighted by Crippen LogP contribution is -2.34. The van der Waals surface area contributed by atoms with E-state index in [2.05, 4.69) is 10.3 Å². The summed E-state index contributed by atoms with van der Waals surface area (Å²) in [5.41, 5.74) is 0.466. The van der Waals surface area contributed by atoms with Gasteiger partial charge in [0.25, 0.3) is 5.91 Å². The molecule has 1 atom stereocenters. The van der Waals surface area contributed by atoms with Crippen LogP contribution in [0.3, 0.4) is 0 Å². The molecule has 0 saturated heterocycles. The summed E-state index contributed by atoms with van der Waals surface area (Å²) >= 11 is 5.63. The standard InChI is InChI=1S/C13H19ClN2O2/c1-13(2,3)6-10(17)8-16-12(18)9-4-5-11(14)15-7-9/h4-5,7,10,17H,6,8H2,1-3H3,(H,16,18). The second-order valence-corrected chi connectivity index (χ2v) is 5.89. The highest BCUT2D eigenvalue weighted by Gasteiger charge is 2.17. The minimum atomic E-state index is -0.547. The summed E-state index contributed by atoms with van der Waals surface area (Å²) in [5, 5.41) is 12.8. The first-order valence-corrected chi connectivity index (χ1v) is 6.23. The smallest absolute Gasteiger partial charge is 0.252 e. The fourth-order valence-corrected chi connectivity index (χ4v) is 1.71. The monoisotopic (exact) mass is 270 g/mol. The molecule has 0 saturated carbocycles. The third-order valence-corrected chi connectivity index (χ3v) is 2.56. The van der Waals surface area contributed by atoms with Gasteiger partial charge in [-0.1, -0.05) is 32.4 Å². The first-order valence-electron chi connectivity index (χ1n) is 5.86. The Bertz CT molecular complexity index is 398. The molecule has 4 nitrogen and oxygen atoms in total. The van der Waals surface area contributed by atoms with Crippen molar-refractivity contribution in [1.29, 1.82) is 0 Å². The molecule has 1 rings (SSSR count). The van der Waals surface area contributed by atoms with Gasteiger partial charge in [-0.2, -0.15) is 0 Å². The lowest BCUT2D eigenvalue weighted by Gasteiger charge is -2.22. The van der Waals surface area contributed by atoms with Crippen LogP contribution >= 0.6 is 11.6 Å². The molecule has 0 aromatic carbocycles. The molecule has 2 N–H and O–H groups in total. The topological polar surface area (TPSA) is 62.2 Å². The number of nitrogens with one attached hydrogen (secondary N) is 1. The minimum absolute atomic E-state index is 0.0337. The van der Waals surface area contributed by atoms with Crippen molar-refractivity contribution in [2.75, 3.05) is 6.54 Å². The number of halogens is 1. The number of amides is 1. The third kappa shape index (κ3) is 5.47. The van der Waals surface area contributed by atoms with E-state index in [1.807, 2.05) is 20.8 Å². The lowest BCUT2D eigenvalue weighted by molar-refractivity contribution is 0.0868. The number of hydrogen-bond acceptors (Lipinski definition) is 3. The van der Waals surface area contributed by atoms with E-state index >= 15 is 0 Å². The summed E-state index contributed by atoms with van der Waals surface area (Å²) in [6.45, 7) is 6.36. The molecule has 100 valence electrons. The largest absolute Gasteiger partial charge is 0.391 e. The van der Waals surface area contributed by atoms with E-state index in [9.17, 15) is 9.90 Å². The van der Waals surface area contributed by atoms with E-state index in [0.717, 1.165) is 0 Å². The molecule has 5 heteroatoms. The number of aromatic nitrogens is 1. The van der Waals surface area contributed by atoms with Gasteiger partial charge in [-0.25, -0.2) is 4.98 Å². The molecule has 0 aliphatic rings. The fraction of sp³-hybridized carbons (Fsp3) is 0.538. The molecule has 1 aromatic heterocycles. The van der Waals surface area contributed by atoms with E-state index in [1.165, 1.54) is 6.20 Å². The van der Waals surface area contributed by atoms with Gasteiger partial charge in [-0.15, -0.1) is 0 Å². The quantitative estimate of drug-likeness (QED) is 0.825.